The van der Waals surface area contributed by atoms with Gasteiger partial charge in [0.25, 0.3) is 0 Å². The van der Waals surface area contributed by atoms with Crippen LogP contribution in [0.1, 0.15) is 49.3 Å². The number of benzene rings is 2. The van der Waals surface area contributed by atoms with Crippen LogP contribution in [0.4, 0.5) is 0 Å². The second kappa shape index (κ2) is 6.33. The van der Waals surface area contributed by atoms with Gasteiger partial charge in [0, 0.05) is 0 Å². The lowest BCUT2D eigenvalue weighted by Gasteiger charge is -2.40. The number of Topliss-reactive ketones (excluding diaryl/α,β-unsaturated/α-hetero) is 1. The molecule has 0 aliphatic carbocycles. The molecule has 4 rings (SSSR count). The highest BCUT2D eigenvalue weighted by atomic mass is 16.5. The largest absolute Gasteiger partial charge is 0.389 e. The molecular weight excluding hydrogens is 324 g/mol. The fourth-order valence-electron chi connectivity index (χ4n) is 4.44. The third-order valence-corrected chi connectivity index (χ3v) is 6.13. The molecule has 2 aliphatic heterocycles. The predicted octanol–water partition coefficient (Wildman–Crippen LogP) is 4.19. The van der Waals surface area contributed by atoms with Gasteiger partial charge in [0.15, 0.2) is 5.78 Å². The van der Waals surface area contributed by atoms with Crippen LogP contribution in [0.2, 0.25) is 0 Å². The number of aliphatic hydroxyl groups is 1. The lowest BCUT2D eigenvalue weighted by atomic mass is 9.77. The highest BCUT2D eigenvalue weighted by Gasteiger charge is 2.55. The second-order valence-electron chi connectivity index (χ2n) is 7.92. The average Bonchev–Trinajstić information content (AvgIpc) is 3.02. The molecule has 3 heteroatoms. The standard InChI is InChI=1S/C23H26O3/c1-4-15-9-10-17(16-7-5-14(2)6-8-16)13-18(15)20-21(24)19-11-12-23(3,26-19)22(20)25/h5-10,13,19-20,22,25H,4,11-12H2,1-3H3/t19-,20?,22?,23+/m0/s1. The molecule has 4 atom stereocenters. The van der Waals surface area contributed by atoms with E-state index in [0.717, 1.165) is 35.1 Å². The van der Waals surface area contributed by atoms with Gasteiger partial charge < -0.3 is 9.84 Å². The number of fused-ring (bicyclic) bond motifs is 2. The zero-order chi connectivity index (χ0) is 18.5. The van der Waals surface area contributed by atoms with Gasteiger partial charge in [-0.15, -0.1) is 0 Å². The number of ketones is 1. The summed E-state index contributed by atoms with van der Waals surface area (Å²) in [7, 11) is 0. The van der Waals surface area contributed by atoms with Crippen molar-refractivity contribution in [3.63, 3.8) is 0 Å². The van der Waals surface area contributed by atoms with Crippen molar-refractivity contribution in [3.8, 4) is 11.1 Å². The van der Waals surface area contributed by atoms with Crippen molar-refractivity contribution in [1.29, 1.82) is 0 Å². The van der Waals surface area contributed by atoms with Crippen molar-refractivity contribution in [2.45, 2.75) is 63.8 Å². The average molecular weight is 350 g/mol. The van der Waals surface area contributed by atoms with Crippen LogP contribution in [-0.4, -0.2) is 28.7 Å². The van der Waals surface area contributed by atoms with Gasteiger partial charge in [0.2, 0.25) is 0 Å². The summed E-state index contributed by atoms with van der Waals surface area (Å²) in [5, 5.41) is 11.0. The Morgan fingerprint density at radius 1 is 1.15 bits per heavy atom. The predicted molar refractivity (Wildman–Crippen MR) is 102 cm³/mol. The van der Waals surface area contributed by atoms with E-state index in [4.69, 9.17) is 4.74 Å². The maximum Gasteiger partial charge on any atom is 0.171 e. The molecule has 0 spiro atoms. The third-order valence-electron chi connectivity index (χ3n) is 6.13. The fourth-order valence-corrected chi connectivity index (χ4v) is 4.44. The Kier molecular flexibility index (Phi) is 4.25. The van der Waals surface area contributed by atoms with E-state index in [9.17, 15) is 9.90 Å². The maximum absolute atomic E-state index is 13.0. The van der Waals surface area contributed by atoms with Crippen molar-refractivity contribution in [2.24, 2.45) is 0 Å². The van der Waals surface area contributed by atoms with Crippen molar-refractivity contribution < 1.29 is 14.6 Å². The van der Waals surface area contributed by atoms with Crippen LogP contribution in [0.3, 0.4) is 0 Å². The molecule has 26 heavy (non-hydrogen) atoms. The summed E-state index contributed by atoms with van der Waals surface area (Å²) in [6.07, 6.45) is 1.11. The molecule has 2 heterocycles. The molecular formula is C23H26O3. The normalized spacial score (nSPS) is 30.6. The molecule has 2 aromatic carbocycles. The number of hydrogen-bond donors (Lipinski definition) is 1. The molecule has 1 N–H and O–H groups in total. The summed E-state index contributed by atoms with van der Waals surface area (Å²) in [5.41, 5.74) is 4.91. The molecule has 136 valence electrons. The summed E-state index contributed by atoms with van der Waals surface area (Å²) >= 11 is 0. The Hall–Kier alpha value is -1.97. The highest BCUT2D eigenvalue weighted by Crippen LogP contribution is 2.46. The van der Waals surface area contributed by atoms with Crippen LogP contribution >= 0.6 is 0 Å². The number of hydrogen-bond acceptors (Lipinski definition) is 3. The van der Waals surface area contributed by atoms with E-state index in [1.165, 1.54) is 5.56 Å². The minimum absolute atomic E-state index is 0.0308. The second-order valence-corrected chi connectivity index (χ2v) is 7.92. The van der Waals surface area contributed by atoms with Gasteiger partial charge in [-0.1, -0.05) is 55.0 Å². The van der Waals surface area contributed by atoms with E-state index >= 15 is 0 Å². The quantitative estimate of drug-likeness (QED) is 0.903. The Labute approximate surface area is 155 Å². The first-order valence-corrected chi connectivity index (χ1v) is 9.52. The third kappa shape index (κ3) is 2.70. The topological polar surface area (TPSA) is 46.5 Å². The molecule has 2 aromatic rings. The molecule has 2 unspecified atom stereocenters. The number of rotatable bonds is 3. The van der Waals surface area contributed by atoms with Crippen LogP contribution in [0.5, 0.6) is 0 Å². The smallest absolute Gasteiger partial charge is 0.171 e. The van der Waals surface area contributed by atoms with Crippen molar-refractivity contribution in [3.05, 3.63) is 59.2 Å². The van der Waals surface area contributed by atoms with E-state index < -0.39 is 17.6 Å². The number of carbonyl (C=O) groups excluding carboxylic acids is 1. The van der Waals surface area contributed by atoms with Gasteiger partial charge in [0.1, 0.15) is 6.10 Å². The van der Waals surface area contributed by atoms with Crippen LogP contribution in [0.25, 0.3) is 11.1 Å². The van der Waals surface area contributed by atoms with E-state index in [1.54, 1.807) is 0 Å². The Morgan fingerprint density at radius 3 is 2.54 bits per heavy atom. The molecule has 0 saturated carbocycles. The molecule has 2 aliphatic rings. The molecule has 2 fully saturated rings. The van der Waals surface area contributed by atoms with E-state index in [0.29, 0.717) is 6.42 Å². The summed E-state index contributed by atoms with van der Waals surface area (Å²) < 4.78 is 5.86. The molecule has 2 saturated heterocycles. The number of ether oxygens (including phenoxy) is 1. The number of aliphatic hydroxyl groups excluding tert-OH is 1. The van der Waals surface area contributed by atoms with Gasteiger partial charge in [-0.05, 0) is 55.4 Å². The van der Waals surface area contributed by atoms with Gasteiger partial charge in [-0.3, -0.25) is 4.79 Å². The lowest BCUT2D eigenvalue weighted by Crippen LogP contribution is -2.52. The van der Waals surface area contributed by atoms with E-state index in [1.807, 2.05) is 6.92 Å². The van der Waals surface area contributed by atoms with Gasteiger partial charge in [-0.25, -0.2) is 0 Å². The first-order chi connectivity index (χ1) is 12.4. The molecule has 3 nitrogen and oxygen atoms in total. The van der Waals surface area contributed by atoms with Crippen LogP contribution in [-0.2, 0) is 16.0 Å². The van der Waals surface area contributed by atoms with Crippen molar-refractivity contribution >= 4 is 5.78 Å². The summed E-state index contributed by atoms with van der Waals surface area (Å²) in [6.45, 7) is 6.10. The molecule has 2 bridgehead atoms. The minimum Gasteiger partial charge on any atom is -0.389 e. The van der Waals surface area contributed by atoms with Gasteiger partial charge in [0.05, 0.1) is 17.6 Å². The van der Waals surface area contributed by atoms with Gasteiger partial charge >= 0.3 is 0 Å². The summed E-state index contributed by atoms with van der Waals surface area (Å²) in [5.74, 6) is -0.468. The first-order valence-electron chi connectivity index (χ1n) is 9.52. The molecule has 0 radical (unpaired) electrons. The summed E-state index contributed by atoms with van der Waals surface area (Å²) in [4.78, 5) is 13.0. The first kappa shape index (κ1) is 17.4. The fraction of sp³-hybridized carbons (Fsp3) is 0.435. The zero-order valence-electron chi connectivity index (χ0n) is 15.7. The summed E-state index contributed by atoms with van der Waals surface area (Å²) in [6, 6.07) is 14.7. The Bertz CT molecular complexity index is 839. The van der Waals surface area contributed by atoms with Crippen molar-refractivity contribution in [2.75, 3.05) is 0 Å². The van der Waals surface area contributed by atoms with E-state index in [-0.39, 0.29) is 11.9 Å². The zero-order valence-corrected chi connectivity index (χ0v) is 15.7. The van der Waals surface area contributed by atoms with Crippen LogP contribution < -0.4 is 0 Å². The minimum atomic E-state index is -0.799. The van der Waals surface area contributed by atoms with Crippen LogP contribution in [0.15, 0.2) is 42.5 Å². The lowest BCUT2D eigenvalue weighted by molar-refractivity contribution is -0.170. The molecule has 0 amide bonds. The van der Waals surface area contributed by atoms with Crippen molar-refractivity contribution in [1.82, 2.24) is 0 Å². The SMILES string of the molecule is CCc1ccc(-c2ccc(C)cc2)cc1C1C(=O)[C@@H]2CC[C@@](C)(O2)C1O. The number of aryl methyl sites for hydroxylation is 2. The number of carbonyl (C=O) groups is 1. The monoisotopic (exact) mass is 350 g/mol. The molecule has 0 aromatic heterocycles. The Balaban J connectivity index is 1.81. The van der Waals surface area contributed by atoms with Gasteiger partial charge in [-0.2, -0.15) is 0 Å². The maximum atomic E-state index is 13.0. The van der Waals surface area contributed by atoms with E-state index in [2.05, 4.69) is 56.3 Å². The highest BCUT2D eigenvalue weighted by molar-refractivity contribution is 5.92. The Morgan fingerprint density at radius 2 is 1.85 bits per heavy atom. The van der Waals surface area contributed by atoms with Crippen LogP contribution in [0, 0.1) is 6.92 Å².